The van der Waals surface area contributed by atoms with E-state index in [2.05, 4.69) is 22.1 Å². The van der Waals surface area contributed by atoms with E-state index in [1.165, 1.54) is 11.3 Å². The van der Waals surface area contributed by atoms with Gasteiger partial charge in [-0.2, -0.15) is 0 Å². The number of anilines is 1. The Morgan fingerprint density at radius 2 is 2.44 bits per heavy atom. The van der Waals surface area contributed by atoms with Crippen molar-refractivity contribution in [2.75, 3.05) is 11.1 Å². The lowest BCUT2D eigenvalue weighted by atomic mass is 9.85. The molecule has 0 atom stereocenters. The molecule has 1 aliphatic carbocycles. The maximum atomic E-state index is 11.6. The number of amides is 1. The first-order valence-corrected chi connectivity index (χ1v) is 6.98. The Balaban J connectivity index is 1.86. The van der Waals surface area contributed by atoms with Crippen molar-refractivity contribution in [2.45, 2.75) is 23.6 Å². The number of rotatable bonds is 5. The van der Waals surface area contributed by atoms with Crippen LogP contribution in [-0.2, 0) is 4.79 Å². The van der Waals surface area contributed by atoms with Crippen molar-refractivity contribution in [2.24, 2.45) is 5.92 Å². The lowest BCUT2D eigenvalue weighted by Gasteiger charge is -2.23. The van der Waals surface area contributed by atoms with E-state index in [1.54, 1.807) is 11.8 Å². The molecular formula is C10H13N3OS2. The Morgan fingerprint density at radius 3 is 3.06 bits per heavy atom. The predicted molar refractivity (Wildman–Crippen MR) is 66.8 cm³/mol. The zero-order valence-corrected chi connectivity index (χ0v) is 10.4. The fourth-order valence-corrected chi connectivity index (χ4v) is 2.84. The number of nitrogens with zero attached hydrogens (tertiary/aromatic N) is 2. The minimum atomic E-state index is 0.0858. The maximum Gasteiger partial charge on any atom is 0.229 e. The number of hydrogen-bond acceptors (Lipinski definition) is 5. The number of carbonyl (C=O) groups excluding carboxylic acids is 1. The molecule has 86 valence electrons. The monoisotopic (exact) mass is 255 g/mol. The molecule has 1 saturated carbocycles. The van der Waals surface area contributed by atoms with Gasteiger partial charge < -0.3 is 5.32 Å². The zero-order valence-electron chi connectivity index (χ0n) is 8.81. The Bertz CT molecular complexity index is 387. The van der Waals surface area contributed by atoms with Gasteiger partial charge in [-0.15, -0.1) is 16.8 Å². The molecule has 0 unspecified atom stereocenters. The molecule has 1 aliphatic rings. The Kier molecular flexibility index (Phi) is 3.95. The van der Waals surface area contributed by atoms with E-state index in [9.17, 15) is 4.79 Å². The fraction of sp³-hybridized carbons (Fsp3) is 0.500. The Labute approximate surface area is 103 Å². The van der Waals surface area contributed by atoms with Gasteiger partial charge in [-0.1, -0.05) is 35.6 Å². The van der Waals surface area contributed by atoms with Gasteiger partial charge in [0.25, 0.3) is 0 Å². The summed E-state index contributed by atoms with van der Waals surface area (Å²) in [5, 5.41) is 11.3. The van der Waals surface area contributed by atoms with Crippen molar-refractivity contribution < 1.29 is 4.79 Å². The third-order valence-electron chi connectivity index (χ3n) is 2.44. The summed E-state index contributed by atoms with van der Waals surface area (Å²) in [7, 11) is 0. The average Bonchev–Trinajstić information content (AvgIpc) is 2.59. The first kappa shape index (κ1) is 11.6. The van der Waals surface area contributed by atoms with Gasteiger partial charge in [-0.05, 0) is 12.8 Å². The Hall–Kier alpha value is -0.880. The van der Waals surface area contributed by atoms with Gasteiger partial charge in [0.05, 0.1) is 0 Å². The first-order valence-electron chi connectivity index (χ1n) is 5.17. The van der Waals surface area contributed by atoms with Gasteiger partial charge in [-0.25, -0.2) is 0 Å². The topological polar surface area (TPSA) is 54.9 Å². The highest BCUT2D eigenvalue weighted by Gasteiger charge is 2.25. The third kappa shape index (κ3) is 2.82. The molecule has 1 N–H and O–H groups in total. The molecule has 1 aromatic rings. The van der Waals surface area contributed by atoms with Gasteiger partial charge in [-0.3, -0.25) is 4.79 Å². The summed E-state index contributed by atoms with van der Waals surface area (Å²) >= 11 is 2.99. The molecule has 0 aromatic carbocycles. The highest BCUT2D eigenvalue weighted by Crippen LogP contribution is 2.29. The van der Waals surface area contributed by atoms with Crippen LogP contribution in [0.2, 0.25) is 0 Å². The summed E-state index contributed by atoms with van der Waals surface area (Å²) in [6, 6.07) is 0. The molecule has 0 spiro atoms. The molecule has 0 bridgehead atoms. The van der Waals surface area contributed by atoms with Crippen molar-refractivity contribution in [3.8, 4) is 0 Å². The zero-order chi connectivity index (χ0) is 11.4. The highest BCUT2D eigenvalue weighted by molar-refractivity contribution is 8.01. The Morgan fingerprint density at radius 1 is 1.62 bits per heavy atom. The van der Waals surface area contributed by atoms with Crippen LogP contribution in [0, 0.1) is 5.92 Å². The largest absolute Gasteiger partial charge is 0.300 e. The normalized spacial score (nSPS) is 15.5. The van der Waals surface area contributed by atoms with Crippen molar-refractivity contribution >= 4 is 34.1 Å². The molecule has 1 heterocycles. The molecule has 4 nitrogen and oxygen atoms in total. The molecule has 16 heavy (non-hydrogen) atoms. The first-order chi connectivity index (χ1) is 7.79. The summed E-state index contributed by atoms with van der Waals surface area (Å²) in [4.78, 5) is 11.6. The van der Waals surface area contributed by atoms with Crippen molar-refractivity contribution in [3.05, 3.63) is 12.7 Å². The van der Waals surface area contributed by atoms with Crippen LogP contribution in [0.1, 0.15) is 19.3 Å². The fourth-order valence-electron chi connectivity index (χ4n) is 1.33. The van der Waals surface area contributed by atoms with Gasteiger partial charge in [0, 0.05) is 11.7 Å². The van der Waals surface area contributed by atoms with Crippen LogP contribution in [0.5, 0.6) is 0 Å². The van der Waals surface area contributed by atoms with Crippen molar-refractivity contribution in [3.63, 3.8) is 0 Å². The van der Waals surface area contributed by atoms with E-state index in [0.717, 1.165) is 29.4 Å². The van der Waals surface area contributed by atoms with Crippen LogP contribution < -0.4 is 5.32 Å². The van der Waals surface area contributed by atoms with Gasteiger partial charge >= 0.3 is 0 Å². The molecular weight excluding hydrogens is 242 g/mol. The molecule has 2 rings (SSSR count). The third-order valence-corrected chi connectivity index (χ3v) is 4.41. The van der Waals surface area contributed by atoms with E-state index in [-0.39, 0.29) is 11.8 Å². The van der Waals surface area contributed by atoms with Crippen LogP contribution in [0.3, 0.4) is 0 Å². The summed E-state index contributed by atoms with van der Waals surface area (Å²) < 4.78 is 0.865. The van der Waals surface area contributed by atoms with Gasteiger partial charge in [0.15, 0.2) is 4.34 Å². The molecule has 1 aromatic heterocycles. The van der Waals surface area contributed by atoms with Gasteiger partial charge in [0.2, 0.25) is 11.0 Å². The number of carbonyl (C=O) groups is 1. The maximum absolute atomic E-state index is 11.6. The van der Waals surface area contributed by atoms with Crippen LogP contribution in [0.25, 0.3) is 0 Å². The minimum absolute atomic E-state index is 0.0858. The molecule has 6 heteroatoms. The summed E-state index contributed by atoms with van der Waals surface area (Å²) in [6.07, 6.45) is 4.98. The molecule has 1 amide bonds. The van der Waals surface area contributed by atoms with Crippen molar-refractivity contribution in [1.82, 2.24) is 10.2 Å². The summed E-state index contributed by atoms with van der Waals surface area (Å²) in [5.41, 5.74) is 0. The smallest absolute Gasteiger partial charge is 0.229 e. The molecule has 0 saturated heterocycles. The number of hydrogen-bond donors (Lipinski definition) is 1. The predicted octanol–water partition coefficient (Wildman–Crippen LogP) is 2.55. The summed E-state index contributed by atoms with van der Waals surface area (Å²) in [6.45, 7) is 3.64. The van der Waals surface area contributed by atoms with E-state index < -0.39 is 0 Å². The van der Waals surface area contributed by atoms with Crippen LogP contribution in [0.15, 0.2) is 17.0 Å². The second-order valence-electron chi connectivity index (χ2n) is 3.59. The number of nitrogens with one attached hydrogen (secondary N) is 1. The second-order valence-corrected chi connectivity index (χ2v) is 5.83. The van der Waals surface area contributed by atoms with Crippen LogP contribution in [0.4, 0.5) is 5.13 Å². The summed E-state index contributed by atoms with van der Waals surface area (Å²) in [5.74, 6) is 1.08. The standard InChI is InChI=1S/C10H13N3OS2/c1-2-6-15-10-13-12-9(16-10)11-8(14)7-4-3-5-7/h2,7H,1,3-6H2,(H,11,12,14). The molecule has 1 fully saturated rings. The van der Waals surface area contributed by atoms with E-state index in [4.69, 9.17) is 0 Å². The van der Waals surface area contributed by atoms with Gasteiger partial charge in [0.1, 0.15) is 0 Å². The SMILES string of the molecule is C=CCSc1nnc(NC(=O)C2CCC2)s1. The lowest BCUT2D eigenvalue weighted by molar-refractivity contribution is -0.122. The van der Waals surface area contributed by atoms with E-state index in [1.807, 2.05) is 6.08 Å². The second kappa shape index (κ2) is 5.45. The van der Waals surface area contributed by atoms with Crippen LogP contribution >= 0.6 is 23.1 Å². The molecule has 0 radical (unpaired) electrons. The molecule has 0 aliphatic heterocycles. The number of thioether (sulfide) groups is 1. The van der Waals surface area contributed by atoms with Crippen LogP contribution in [-0.4, -0.2) is 21.9 Å². The highest BCUT2D eigenvalue weighted by atomic mass is 32.2. The lowest BCUT2D eigenvalue weighted by Crippen LogP contribution is -2.27. The number of aromatic nitrogens is 2. The average molecular weight is 255 g/mol. The minimum Gasteiger partial charge on any atom is -0.300 e. The van der Waals surface area contributed by atoms with Crippen molar-refractivity contribution in [1.29, 1.82) is 0 Å². The van der Waals surface area contributed by atoms with E-state index >= 15 is 0 Å². The quantitative estimate of drug-likeness (QED) is 0.499. The van der Waals surface area contributed by atoms with E-state index in [0.29, 0.717) is 5.13 Å².